The number of ether oxygens (including phenoxy) is 3. The molecule has 0 aliphatic heterocycles. The summed E-state index contributed by atoms with van der Waals surface area (Å²) in [7, 11) is 0. The van der Waals surface area contributed by atoms with Crippen molar-refractivity contribution in [3.05, 3.63) is 72.9 Å². The lowest BCUT2D eigenvalue weighted by Gasteiger charge is -2.18. The van der Waals surface area contributed by atoms with Crippen LogP contribution in [0.4, 0.5) is 0 Å². The molecule has 0 saturated carbocycles. The number of carbonyl (C=O) groups is 3. The first-order chi connectivity index (χ1) is 40.5. The van der Waals surface area contributed by atoms with Crippen molar-refractivity contribution >= 4 is 17.9 Å². The monoisotopic (exact) mass is 1150 g/mol. The predicted octanol–water partition coefficient (Wildman–Crippen LogP) is 24.8. The molecule has 0 fully saturated rings. The van der Waals surface area contributed by atoms with Gasteiger partial charge in [0.1, 0.15) is 13.2 Å². The molecule has 476 valence electrons. The molecule has 0 aliphatic rings. The molecule has 0 bridgehead atoms. The van der Waals surface area contributed by atoms with E-state index in [1.807, 2.05) is 0 Å². The van der Waals surface area contributed by atoms with Crippen LogP contribution in [0.15, 0.2) is 72.9 Å². The Kier molecular flexibility index (Phi) is 67.6. The predicted molar refractivity (Wildman–Crippen MR) is 358 cm³/mol. The van der Waals surface area contributed by atoms with Crippen molar-refractivity contribution < 1.29 is 28.6 Å². The van der Waals surface area contributed by atoms with Crippen LogP contribution >= 0.6 is 0 Å². The van der Waals surface area contributed by atoms with Crippen LogP contribution in [-0.2, 0) is 28.6 Å². The fraction of sp³-hybridized carbons (Fsp3) is 0.803. The Morgan fingerprint density at radius 3 is 0.756 bits per heavy atom. The minimum Gasteiger partial charge on any atom is -0.462 e. The number of unbranched alkanes of at least 4 members (excludes halogenated alkanes) is 43. The average Bonchev–Trinajstić information content (AvgIpc) is 3.47. The van der Waals surface area contributed by atoms with Crippen LogP contribution in [0, 0.1) is 0 Å². The number of allylic oxidation sites excluding steroid dienone is 12. The molecule has 1 atom stereocenters. The van der Waals surface area contributed by atoms with Gasteiger partial charge in [-0.25, -0.2) is 0 Å². The maximum atomic E-state index is 13.0. The van der Waals surface area contributed by atoms with E-state index in [9.17, 15) is 14.4 Å². The van der Waals surface area contributed by atoms with Crippen LogP contribution in [0.5, 0.6) is 0 Å². The van der Waals surface area contributed by atoms with E-state index in [2.05, 4.69) is 93.7 Å². The standard InChI is InChI=1S/C76H136O6/c1-4-7-10-13-16-19-22-25-28-30-32-34-36-37-38-39-41-42-44-46-48-51-54-57-60-63-66-69-75(78)81-72-73(71-80-74(77)68-65-62-59-56-53-50-27-24-21-18-15-12-9-6-3)82-76(79)70-67-64-61-58-55-52-49-47-45-43-40-35-33-31-29-26-23-20-17-14-11-8-5-2/h8,11,17,20,24,26-27,29-30,32-33,35,73H,4-7,9-10,12-16,18-19,21-23,25,28,31,34,36-72H2,1-3H3/b11-8-,20-17-,27-24-,29-26-,32-30-,35-33-. The van der Waals surface area contributed by atoms with Crippen LogP contribution in [0.2, 0.25) is 0 Å². The summed E-state index contributed by atoms with van der Waals surface area (Å²) in [6, 6.07) is 0. The molecule has 0 saturated heterocycles. The van der Waals surface area contributed by atoms with Gasteiger partial charge in [-0.1, -0.05) is 318 Å². The van der Waals surface area contributed by atoms with Gasteiger partial charge in [0.25, 0.3) is 0 Å². The molecular weight excluding hydrogens is 1010 g/mol. The van der Waals surface area contributed by atoms with E-state index in [0.29, 0.717) is 19.3 Å². The molecule has 0 amide bonds. The van der Waals surface area contributed by atoms with Crippen molar-refractivity contribution in [2.75, 3.05) is 13.2 Å². The lowest BCUT2D eigenvalue weighted by Crippen LogP contribution is -2.30. The summed E-state index contributed by atoms with van der Waals surface area (Å²) in [5, 5.41) is 0. The van der Waals surface area contributed by atoms with Crippen molar-refractivity contribution in [3.63, 3.8) is 0 Å². The molecule has 0 radical (unpaired) electrons. The molecule has 6 heteroatoms. The average molecular weight is 1150 g/mol. The van der Waals surface area contributed by atoms with E-state index in [0.717, 1.165) is 89.9 Å². The maximum absolute atomic E-state index is 13.0. The second kappa shape index (κ2) is 70.3. The van der Waals surface area contributed by atoms with Gasteiger partial charge in [0.15, 0.2) is 6.10 Å². The molecule has 0 aromatic carbocycles. The van der Waals surface area contributed by atoms with Gasteiger partial charge in [-0.3, -0.25) is 14.4 Å². The van der Waals surface area contributed by atoms with Gasteiger partial charge in [0.2, 0.25) is 0 Å². The van der Waals surface area contributed by atoms with Gasteiger partial charge in [0.05, 0.1) is 0 Å². The van der Waals surface area contributed by atoms with Crippen molar-refractivity contribution in [3.8, 4) is 0 Å². The molecule has 6 nitrogen and oxygen atoms in total. The second-order valence-electron chi connectivity index (χ2n) is 24.1. The molecule has 0 heterocycles. The summed E-state index contributed by atoms with van der Waals surface area (Å²) in [5.74, 6) is -0.869. The van der Waals surface area contributed by atoms with Crippen molar-refractivity contribution in [1.29, 1.82) is 0 Å². The summed E-state index contributed by atoms with van der Waals surface area (Å²) >= 11 is 0. The molecule has 0 spiro atoms. The number of hydrogen-bond donors (Lipinski definition) is 0. The third-order valence-corrected chi connectivity index (χ3v) is 15.9. The lowest BCUT2D eigenvalue weighted by molar-refractivity contribution is -0.167. The third kappa shape index (κ3) is 67.6. The summed E-state index contributed by atoms with van der Waals surface area (Å²) in [6.45, 7) is 6.56. The summed E-state index contributed by atoms with van der Waals surface area (Å²) < 4.78 is 17.0. The number of rotatable bonds is 66. The molecule has 82 heavy (non-hydrogen) atoms. The van der Waals surface area contributed by atoms with E-state index < -0.39 is 6.10 Å². The van der Waals surface area contributed by atoms with Gasteiger partial charge in [-0.15, -0.1) is 0 Å². The lowest BCUT2D eigenvalue weighted by atomic mass is 10.0. The normalized spacial score (nSPS) is 12.5. The summed E-state index contributed by atoms with van der Waals surface area (Å²) in [4.78, 5) is 38.5. The van der Waals surface area contributed by atoms with Crippen LogP contribution in [0.1, 0.15) is 374 Å². The molecule has 0 N–H and O–H groups in total. The van der Waals surface area contributed by atoms with Crippen LogP contribution in [-0.4, -0.2) is 37.2 Å². The SMILES string of the molecule is CC/C=C\C/C=C\C/C=C\C/C=C\CCCCCCCCCCCCC(=O)OC(COC(=O)CCCCCCC/C=C\CCCCCCC)COC(=O)CCCCCCCCCCCCCCCCC/C=C\CCCCCCCCCC. The fourth-order valence-corrected chi connectivity index (χ4v) is 10.5. The Labute approximate surface area is 510 Å². The molecule has 0 aliphatic carbocycles. The molecule has 0 aromatic heterocycles. The van der Waals surface area contributed by atoms with E-state index in [1.165, 1.54) is 244 Å². The number of hydrogen-bond acceptors (Lipinski definition) is 6. The van der Waals surface area contributed by atoms with Crippen LogP contribution in [0.25, 0.3) is 0 Å². The van der Waals surface area contributed by atoms with Crippen LogP contribution < -0.4 is 0 Å². The van der Waals surface area contributed by atoms with Crippen molar-refractivity contribution in [2.24, 2.45) is 0 Å². The summed E-state index contributed by atoms with van der Waals surface area (Å²) in [5.41, 5.74) is 0. The van der Waals surface area contributed by atoms with Gasteiger partial charge in [-0.2, -0.15) is 0 Å². The Morgan fingerprint density at radius 2 is 0.476 bits per heavy atom. The minimum atomic E-state index is -0.782. The number of carbonyl (C=O) groups excluding carboxylic acids is 3. The van der Waals surface area contributed by atoms with Gasteiger partial charge >= 0.3 is 17.9 Å². The number of esters is 3. The fourth-order valence-electron chi connectivity index (χ4n) is 10.5. The van der Waals surface area contributed by atoms with E-state index >= 15 is 0 Å². The molecular formula is C76H136O6. The zero-order valence-electron chi connectivity index (χ0n) is 54.8. The smallest absolute Gasteiger partial charge is 0.306 e. The first kappa shape index (κ1) is 78.8. The highest BCUT2D eigenvalue weighted by Crippen LogP contribution is 2.18. The van der Waals surface area contributed by atoms with Gasteiger partial charge in [0, 0.05) is 19.3 Å². The third-order valence-electron chi connectivity index (χ3n) is 15.9. The maximum Gasteiger partial charge on any atom is 0.306 e. The van der Waals surface area contributed by atoms with Crippen molar-refractivity contribution in [1.82, 2.24) is 0 Å². The van der Waals surface area contributed by atoms with Gasteiger partial charge < -0.3 is 14.2 Å². The Bertz CT molecular complexity index is 1500. The highest BCUT2D eigenvalue weighted by atomic mass is 16.6. The Morgan fingerprint density at radius 1 is 0.256 bits per heavy atom. The van der Waals surface area contributed by atoms with E-state index in [-0.39, 0.29) is 31.1 Å². The summed E-state index contributed by atoms with van der Waals surface area (Å²) in [6.07, 6.45) is 92.2. The molecule has 0 aromatic rings. The molecule has 0 rings (SSSR count). The first-order valence-electron chi connectivity index (χ1n) is 35.9. The topological polar surface area (TPSA) is 78.9 Å². The zero-order valence-corrected chi connectivity index (χ0v) is 54.8. The van der Waals surface area contributed by atoms with Crippen LogP contribution in [0.3, 0.4) is 0 Å². The van der Waals surface area contributed by atoms with E-state index in [1.54, 1.807) is 0 Å². The van der Waals surface area contributed by atoms with Crippen molar-refractivity contribution in [2.45, 2.75) is 380 Å². The minimum absolute atomic E-state index is 0.0765. The second-order valence-corrected chi connectivity index (χ2v) is 24.1. The molecule has 1 unspecified atom stereocenters. The van der Waals surface area contributed by atoms with Gasteiger partial charge in [-0.05, 0) is 109 Å². The largest absolute Gasteiger partial charge is 0.462 e. The van der Waals surface area contributed by atoms with E-state index in [4.69, 9.17) is 14.2 Å². The quantitative estimate of drug-likeness (QED) is 0.0261. The first-order valence-corrected chi connectivity index (χ1v) is 35.9. The highest BCUT2D eigenvalue weighted by molar-refractivity contribution is 5.71. The Hall–Kier alpha value is -3.15. The zero-order chi connectivity index (χ0) is 59.2. The highest BCUT2D eigenvalue weighted by Gasteiger charge is 2.19. The Balaban J connectivity index is 4.27.